The van der Waals surface area contributed by atoms with E-state index in [0.717, 1.165) is 0 Å². The van der Waals surface area contributed by atoms with Crippen LogP contribution in [0.2, 0.25) is 0 Å². The first kappa shape index (κ1) is 14.0. The van der Waals surface area contributed by atoms with E-state index >= 15 is 0 Å². The number of rotatable bonds is 4. The highest BCUT2D eigenvalue weighted by atomic mass is 127. The van der Waals surface area contributed by atoms with E-state index in [4.69, 9.17) is 0 Å². The lowest BCUT2D eigenvalue weighted by molar-refractivity contribution is 0.449. The molecular formula is C15H18INS. The first-order valence-corrected chi connectivity index (χ1v) is 8.05. The van der Waals surface area contributed by atoms with Crippen molar-refractivity contribution in [3.63, 3.8) is 0 Å². The van der Waals surface area contributed by atoms with Gasteiger partial charge in [0.25, 0.3) is 0 Å². The van der Waals surface area contributed by atoms with Gasteiger partial charge in [-0.05, 0) is 53.8 Å². The highest BCUT2D eigenvalue weighted by molar-refractivity contribution is 14.1. The van der Waals surface area contributed by atoms with E-state index in [1.54, 1.807) is 0 Å². The topological polar surface area (TPSA) is 12.0 Å². The molecule has 0 bridgehead atoms. The Labute approximate surface area is 127 Å². The van der Waals surface area contributed by atoms with Crippen LogP contribution in [0.4, 0.5) is 0 Å². The molecule has 1 atom stereocenters. The number of thiophene rings is 1. The van der Waals surface area contributed by atoms with Crippen LogP contribution in [-0.4, -0.2) is 7.05 Å². The molecule has 2 aromatic rings. The molecule has 96 valence electrons. The molecule has 0 saturated carbocycles. The third-order valence-electron chi connectivity index (χ3n) is 3.05. The fourth-order valence-corrected chi connectivity index (χ4v) is 4.32. The van der Waals surface area contributed by atoms with Gasteiger partial charge in [-0.25, -0.2) is 0 Å². The molecule has 18 heavy (non-hydrogen) atoms. The minimum Gasteiger partial charge on any atom is -0.312 e. The molecule has 0 spiro atoms. The molecule has 0 amide bonds. The minimum absolute atomic E-state index is 0.449. The first-order valence-electron chi connectivity index (χ1n) is 6.15. The molecule has 1 aromatic heterocycles. The van der Waals surface area contributed by atoms with E-state index < -0.39 is 0 Å². The lowest BCUT2D eigenvalue weighted by atomic mass is 10.0. The SMILES string of the molecule is CNC(c1ccc(-c2ccccc2I)s1)C(C)C. The van der Waals surface area contributed by atoms with Gasteiger partial charge >= 0.3 is 0 Å². The summed E-state index contributed by atoms with van der Waals surface area (Å²) in [6.07, 6.45) is 0. The van der Waals surface area contributed by atoms with Crippen molar-refractivity contribution in [2.24, 2.45) is 5.92 Å². The van der Waals surface area contributed by atoms with Crippen molar-refractivity contribution < 1.29 is 0 Å². The maximum absolute atomic E-state index is 3.41. The van der Waals surface area contributed by atoms with E-state index in [-0.39, 0.29) is 0 Å². The molecule has 0 fully saturated rings. The first-order chi connectivity index (χ1) is 8.63. The van der Waals surface area contributed by atoms with Crippen LogP contribution in [0.1, 0.15) is 24.8 Å². The van der Waals surface area contributed by atoms with Crippen LogP contribution in [-0.2, 0) is 0 Å². The Kier molecular flexibility index (Phi) is 4.81. The highest BCUT2D eigenvalue weighted by Crippen LogP contribution is 2.35. The molecule has 1 nitrogen and oxygen atoms in total. The van der Waals surface area contributed by atoms with Crippen molar-refractivity contribution >= 4 is 33.9 Å². The molecule has 0 saturated heterocycles. The van der Waals surface area contributed by atoms with Crippen LogP contribution in [0.5, 0.6) is 0 Å². The van der Waals surface area contributed by atoms with E-state index in [9.17, 15) is 0 Å². The molecule has 3 heteroatoms. The van der Waals surface area contributed by atoms with Gasteiger partial charge in [0, 0.05) is 24.9 Å². The maximum Gasteiger partial charge on any atom is 0.0435 e. The zero-order chi connectivity index (χ0) is 13.1. The van der Waals surface area contributed by atoms with Gasteiger partial charge in [0.15, 0.2) is 0 Å². The fraction of sp³-hybridized carbons (Fsp3) is 0.333. The summed E-state index contributed by atoms with van der Waals surface area (Å²) in [5.74, 6) is 0.608. The molecule has 1 heterocycles. The zero-order valence-corrected chi connectivity index (χ0v) is 13.9. The average Bonchev–Trinajstić information content (AvgIpc) is 2.79. The smallest absolute Gasteiger partial charge is 0.0435 e. The molecule has 0 aliphatic carbocycles. The number of hydrogen-bond donors (Lipinski definition) is 1. The molecule has 1 N–H and O–H groups in total. The van der Waals surface area contributed by atoms with Crippen molar-refractivity contribution in [3.05, 3.63) is 44.8 Å². The van der Waals surface area contributed by atoms with Gasteiger partial charge in [-0.1, -0.05) is 32.0 Å². The second-order valence-corrected chi connectivity index (χ2v) is 6.97. The molecule has 2 rings (SSSR count). The Morgan fingerprint density at radius 1 is 1.11 bits per heavy atom. The lowest BCUT2D eigenvalue weighted by Gasteiger charge is -2.18. The zero-order valence-electron chi connectivity index (χ0n) is 10.9. The summed E-state index contributed by atoms with van der Waals surface area (Å²) >= 11 is 4.30. The Morgan fingerprint density at radius 2 is 1.83 bits per heavy atom. The second kappa shape index (κ2) is 6.17. The fourth-order valence-electron chi connectivity index (χ4n) is 2.13. The Balaban J connectivity index is 2.34. The number of benzene rings is 1. The summed E-state index contributed by atoms with van der Waals surface area (Å²) < 4.78 is 1.31. The number of halogens is 1. The highest BCUT2D eigenvalue weighted by Gasteiger charge is 2.16. The molecule has 1 unspecified atom stereocenters. The van der Waals surface area contributed by atoms with Crippen molar-refractivity contribution in [2.45, 2.75) is 19.9 Å². The average molecular weight is 371 g/mol. The summed E-state index contributed by atoms with van der Waals surface area (Å²) in [5.41, 5.74) is 1.34. The van der Waals surface area contributed by atoms with Crippen LogP contribution in [0.15, 0.2) is 36.4 Å². The largest absolute Gasteiger partial charge is 0.312 e. The van der Waals surface area contributed by atoms with E-state index in [1.807, 2.05) is 18.4 Å². The summed E-state index contributed by atoms with van der Waals surface area (Å²) in [6.45, 7) is 4.51. The molecule has 0 aliphatic heterocycles. The lowest BCUT2D eigenvalue weighted by Crippen LogP contribution is -2.20. The van der Waals surface area contributed by atoms with Gasteiger partial charge in [-0.15, -0.1) is 11.3 Å². The van der Waals surface area contributed by atoms with Gasteiger partial charge in [0.1, 0.15) is 0 Å². The molecule has 1 aromatic carbocycles. The summed E-state index contributed by atoms with van der Waals surface area (Å²) in [4.78, 5) is 2.78. The van der Waals surface area contributed by atoms with Crippen LogP contribution < -0.4 is 5.32 Å². The van der Waals surface area contributed by atoms with Crippen molar-refractivity contribution in [3.8, 4) is 10.4 Å². The molecule has 0 radical (unpaired) electrons. The van der Waals surface area contributed by atoms with Crippen LogP contribution in [0.3, 0.4) is 0 Å². The normalized spacial score (nSPS) is 12.9. The monoisotopic (exact) mass is 371 g/mol. The molecule has 0 aliphatic rings. The van der Waals surface area contributed by atoms with E-state index in [2.05, 4.69) is 78.2 Å². The third kappa shape index (κ3) is 2.95. The standard InChI is InChI=1S/C15H18INS/c1-10(2)15(17-3)14-9-8-13(18-14)11-6-4-5-7-12(11)16/h4-10,15,17H,1-3H3. The number of nitrogens with one attached hydrogen (secondary N) is 1. The summed E-state index contributed by atoms with van der Waals surface area (Å²) in [5, 5.41) is 3.41. The van der Waals surface area contributed by atoms with Crippen molar-refractivity contribution in [1.82, 2.24) is 5.32 Å². The van der Waals surface area contributed by atoms with E-state index in [0.29, 0.717) is 12.0 Å². The van der Waals surface area contributed by atoms with Crippen molar-refractivity contribution in [1.29, 1.82) is 0 Å². The quantitative estimate of drug-likeness (QED) is 0.751. The number of hydrogen-bond acceptors (Lipinski definition) is 2. The Morgan fingerprint density at radius 3 is 2.44 bits per heavy atom. The summed E-state index contributed by atoms with van der Waals surface area (Å²) in [7, 11) is 2.04. The molecular weight excluding hydrogens is 353 g/mol. The summed E-state index contributed by atoms with van der Waals surface area (Å²) in [6, 6.07) is 13.5. The van der Waals surface area contributed by atoms with Crippen LogP contribution in [0.25, 0.3) is 10.4 Å². The minimum atomic E-state index is 0.449. The van der Waals surface area contributed by atoms with E-state index in [1.165, 1.54) is 18.9 Å². The third-order valence-corrected chi connectivity index (χ3v) is 5.19. The Bertz CT molecular complexity index is 519. The van der Waals surface area contributed by atoms with Gasteiger partial charge in [-0.2, -0.15) is 0 Å². The van der Waals surface area contributed by atoms with Gasteiger partial charge in [0.05, 0.1) is 0 Å². The van der Waals surface area contributed by atoms with Gasteiger partial charge < -0.3 is 5.32 Å². The van der Waals surface area contributed by atoms with Crippen molar-refractivity contribution in [2.75, 3.05) is 7.05 Å². The predicted octanol–water partition coefficient (Wildman–Crippen LogP) is 4.94. The Hall–Kier alpha value is -0.390. The van der Waals surface area contributed by atoms with Gasteiger partial charge in [0.2, 0.25) is 0 Å². The second-order valence-electron chi connectivity index (χ2n) is 4.69. The maximum atomic E-state index is 3.41. The predicted molar refractivity (Wildman–Crippen MR) is 89.1 cm³/mol. The van der Waals surface area contributed by atoms with Gasteiger partial charge in [-0.3, -0.25) is 0 Å². The van der Waals surface area contributed by atoms with Crippen LogP contribution in [0, 0.1) is 9.49 Å². The van der Waals surface area contributed by atoms with Crippen LogP contribution >= 0.6 is 33.9 Å².